The zero-order valence-corrected chi connectivity index (χ0v) is 16.0. The molecule has 2 aliphatic heterocycles. The van der Waals surface area contributed by atoms with Crippen molar-refractivity contribution in [3.8, 4) is 11.6 Å². The first-order valence-corrected chi connectivity index (χ1v) is 9.23. The molecule has 7 nitrogen and oxygen atoms in total. The van der Waals surface area contributed by atoms with Gasteiger partial charge >= 0.3 is 11.9 Å². The van der Waals surface area contributed by atoms with Crippen LogP contribution in [0, 0.1) is 0 Å². The van der Waals surface area contributed by atoms with E-state index in [1.807, 2.05) is 18.2 Å². The van der Waals surface area contributed by atoms with Crippen LogP contribution in [0.2, 0.25) is 0 Å². The highest BCUT2D eigenvalue weighted by Gasteiger charge is 2.26. The summed E-state index contributed by atoms with van der Waals surface area (Å²) in [6, 6.07) is 12.4. The van der Waals surface area contributed by atoms with Crippen molar-refractivity contribution in [3.05, 3.63) is 71.4 Å². The van der Waals surface area contributed by atoms with Crippen LogP contribution in [0.25, 0.3) is 5.57 Å². The number of ether oxygens (including phenoxy) is 1. The molecule has 1 saturated heterocycles. The van der Waals surface area contributed by atoms with E-state index in [0.717, 1.165) is 43.1 Å². The molecule has 0 aliphatic carbocycles. The monoisotopic (exact) mass is 394 g/mol. The number of carboxylic acids is 2. The Morgan fingerprint density at radius 2 is 1.62 bits per heavy atom. The van der Waals surface area contributed by atoms with Gasteiger partial charge in [-0.2, -0.15) is 0 Å². The molecule has 29 heavy (non-hydrogen) atoms. The number of benzene rings is 1. The summed E-state index contributed by atoms with van der Waals surface area (Å²) in [6.07, 6.45) is 5.15. The average molecular weight is 394 g/mol. The fourth-order valence-electron chi connectivity index (χ4n) is 3.34. The molecular formula is C22H22N2O5. The molecule has 7 heteroatoms. The molecule has 2 N–H and O–H groups in total. The maximum atomic E-state index is 9.55. The van der Waals surface area contributed by atoms with E-state index in [-0.39, 0.29) is 0 Å². The molecule has 150 valence electrons. The van der Waals surface area contributed by atoms with Crippen LogP contribution in [-0.4, -0.2) is 52.2 Å². The van der Waals surface area contributed by atoms with Crippen LogP contribution in [0.4, 0.5) is 0 Å². The smallest absolute Gasteiger partial charge is 0.328 e. The number of likely N-dealkylation sites (tertiary alicyclic amines) is 1. The van der Waals surface area contributed by atoms with Gasteiger partial charge < -0.3 is 19.8 Å². The summed E-state index contributed by atoms with van der Waals surface area (Å²) < 4.78 is 5.96. The number of carboxylic acid groups (broad SMARTS) is 2. The molecule has 1 aromatic heterocycles. The van der Waals surface area contributed by atoms with E-state index in [1.54, 1.807) is 6.20 Å². The summed E-state index contributed by atoms with van der Waals surface area (Å²) >= 11 is 0. The molecular weight excluding hydrogens is 372 g/mol. The summed E-state index contributed by atoms with van der Waals surface area (Å²) in [4.78, 5) is 25.9. The second-order valence-electron chi connectivity index (χ2n) is 6.75. The summed E-state index contributed by atoms with van der Waals surface area (Å²) in [5.74, 6) is -0.859. The van der Waals surface area contributed by atoms with Crippen molar-refractivity contribution in [2.45, 2.75) is 12.8 Å². The van der Waals surface area contributed by atoms with Gasteiger partial charge in [-0.25, -0.2) is 14.6 Å². The van der Waals surface area contributed by atoms with E-state index < -0.39 is 11.9 Å². The highest BCUT2D eigenvalue weighted by atomic mass is 16.5. The standard InChI is InChI=1S/C18H18N2O.C4H4O4/c1-20-11-8-13(9-12-20)17-14-5-2-3-7-16(14)21-18-15(17)6-4-10-19-18;5-3(6)1-2-4(7)8/h2-7,10H,8-9,11-12H2,1H3;1-2H,(H,5,6)(H,7,8)/b;2-1+. The van der Waals surface area contributed by atoms with Crippen LogP contribution >= 0.6 is 0 Å². The quantitative estimate of drug-likeness (QED) is 0.642. The average Bonchev–Trinajstić information content (AvgIpc) is 2.72. The molecule has 2 aromatic rings. The Labute approximate surface area is 168 Å². The number of carbonyl (C=O) groups is 2. The molecule has 0 atom stereocenters. The molecule has 2 aliphatic rings. The molecule has 0 spiro atoms. The highest BCUT2D eigenvalue weighted by molar-refractivity contribution is 5.90. The number of hydrogen-bond donors (Lipinski definition) is 2. The molecule has 0 unspecified atom stereocenters. The topological polar surface area (TPSA) is 100.0 Å². The number of hydrogen-bond acceptors (Lipinski definition) is 5. The molecule has 1 aromatic carbocycles. The van der Waals surface area contributed by atoms with Gasteiger partial charge in [0.1, 0.15) is 5.75 Å². The van der Waals surface area contributed by atoms with Crippen LogP contribution in [-0.2, 0) is 9.59 Å². The second-order valence-corrected chi connectivity index (χ2v) is 6.75. The fraction of sp³-hybridized carbons (Fsp3) is 0.227. The lowest BCUT2D eigenvalue weighted by atomic mass is 9.87. The number of para-hydroxylation sites is 1. The van der Waals surface area contributed by atoms with Crippen molar-refractivity contribution < 1.29 is 24.5 Å². The maximum Gasteiger partial charge on any atom is 0.328 e. The minimum absolute atomic E-state index is 0.558. The number of aromatic nitrogens is 1. The van der Waals surface area contributed by atoms with Gasteiger partial charge in [0, 0.05) is 42.6 Å². The molecule has 0 amide bonds. The maximum absolute atomic E-state index is 9.55. The summed E-state index contributed by atoms with van der Waals surface area (Å²) in [6.45, 7) is 2.24. The van der Waals surface area contributed by atoms with Crippen LogP contribution < -0.4 is 4.74 Å². The fourth-order valence-corrected chi connectivity index (χ4v) is 3.34. The normalized spacial score (nSPS) is 15.6. The first kappa shape index (κ1) is 20.3. The molecule has 1 fully saturated rings. The first-order chi connectivity index (χ1) is 14.0. The van der Waals surface area contributed by atoms with Gasteiger partial charge in [0.2, 0.25) is 5.88 Å². The third-order valence-electron chi connectivity index (χ3n) is 4.72. The zero-order valence-electron chi connectivity index (χ0n) is 16.0. The van der Waals surface area contributed by atoms with Crippen molar-refractivity contribution in [1.82, 2.24) is 9.88 Å². The molecule has 3 heterocycles. The predicted molar refractivity (Wildman–Crippen MR) is 108 cm³/mol. The predicted octanol–water partition coefficient (Wildman–Crippen LogP) is 3.43. The van der Waals surface area contributed by atoms with Gasteiger partial charge in [0.25, 0.3) is 0 Å². The number of fused-ring (bicyclic) bond motifs is 2. The molecule has 0 radical (unpaired) electrons. The number of piperidine rings is 1. The number of pyridine rings is 1. The van der Waals surface area contributed by atoms with Crippen molar-refractivity contribution in [1.29, 1.82) is 0 Å². The largest absolute Gasteiger partial charge is 0.478 e. The molecule has 4 rings (SSSR count). The van der Waals surface area contributed by atoms with E-state index in [0.29, 0.717) is 12.2 Å². The van der Waals surface area contributed by atoms with Gasteiger partial charge in [-0.05, 0) is 43.7 Å². The first-order valence-electron chi connectivity index (χ1n) is 9.23. The zero-order chi connectivity index (χ0) is 20.8. The number of rotatable bonds is 2. The van der Waals surface area contributed by atoms with Crippen LogP contribution in [0.1, 0.15) is 24.0 Å². The van der Waals surface area contributed by atoms with Gasteiger partial charge in [-0.3, -0.25) is 0 Å². The lowest BCUT2D eigenvalue weighted by Gasteiger charge is -2.29. The van der Waals surface area contributed by atoms with Crippen LogP contribution in [0.3, 0.4) is 0 Å². The van der Waals surface area contributed by atoms with Crippen molar-refractivity contribution >= 4 is 17.5 Å². The van der Waals surface area contributed by atoms with E-state index in [2.05, 4.69) is 35.1 Å². The molecule has 0 bridgehead atoms. The van der Waals surface area contributed by atoms with Gasteiger partial charge in [-0.1, -0.05) is 23.8 Å². The third kappa shape index (κ3) is 5.08. The van der Waals surface area contributed by atoms with Crippen molar-refractivity contribution in [2.24, 2.45) is 0 Å². The van der Waals surface area contributed by atoms with Crippen molar-refractivity contribution in [2.75, 3.05) is 20.1 Å². The van der Waals surface area contributed by atoms with Gasteiger partial charge in [-0.15, -0.1) is 0 Å². The Morgan fingerprint density at radius 3 is 2.28 bits per heavy atom. The van der Waals surface area contributed by atoms with Gasteiger partial charge in [0.05, 0.1) is 0 Å². The Morgan fingerprint density at radius 1 is 1.00 bits per heavy atom. The van der Waals surface area contributed by atoms with Gasteiger partial charge in [0.15, 0.2) is 0 Å². The Bertz CT molecular complexity index is 907. The third-order valence-corrected chi connectivity index (χ3v) is 4.72. The Hall–Kier alpha value is -3.45. The van der Waals surface area contributed by atoms with Crippen LogP contribution in [0.15, 0.2) is 60.3 Å². The Balaban J connectivity index is 0.000000258. The van der Waals surface area contributed by atoms with E-state index in [1.165, 1.54) is 16.7 Å². The van der Waals surface area contributed by atoms with E-state index >= 15 is 0 Å². The van der Waals surface area contributed by atoms with Crippen LogP contribution in [0.5, 0.6) is 11.6 Å². The minimum atomic E-state index is -1.26. The SMILES string of the molecule is CN1CCC(=C2c3ccccc3Oc3ncccc32)CC1.O=C(O)/C=C/C(=O)O. The Kier molecular flexibility index (Phi) is 6.41. The van der Waals surface area contributed by atoms with E-state index in [9.17, 15) is 9.59 Å². The highest BCUT2D eigenvalue weighted by Crippen LogP contribution is 2.45. The lowest BCUT2D eigenvalue weighted by molar-refractivity contribution is -0.134. The van der Waals surface area contributed by atoms with Crippen molar-refractivity contribution in [3.63, 3.8) is 0 Å². The van der Waals surface area contributed by atoms with E-state index in [4.69, 9.17) is 14.9 Å². The second kappa shape index (κ2) is 9.16. The number of aliphatic carboxylic acids is 2. The number of nitrogens with zero attached hydrogens (tertiary/aromatic N) is 2. The molecule has 0 saturated carbocycles. The minimum Gasteiger partial charge on any atom is -0.478 e. The summed E-state index contributed by atoms with van der Waals surface area (Å²) in [7, 11) is 2.19. The lowest BCUT2D eigenvalue weighted by Crippen LogP contribution is -2.27. The summed E-state index contributed by atoms with van der Waals surface area (Å²) in [5, 5.41) is 15.6. The summed E-state index contributed by atoms with van der Waals surface area (Å²) in [5.41, 5.74) is 5.21.